The van der Waals surface area contributed by atoms with Crippen LogP contribution in [0.3, 0.4) is 0 Å². The monoisotopic (exact) mass is 418 g/mol. The van der Waals surface area contributed by atoms with Gasteiger partial charge in [0.1, 0.15) is 5.82 Å². The number of amides is 1. The van der Waals surface area contributed by atoms with E-state index in [4.69, 9.17) is 0 Å². The third-order valence-corrected chi connectivity index (χ3v) is 7.43. The SMILES string of the molecule is CCc1ccccc1NC(=O)c1cc(S(=O)(=O)N2CCCC[C@H]2CC)ccc1F. The van der Waals surface area contributed by atoms with Crippen molar-refractivity contribution in [1.82, 2.24) is 4.31 Å². The van der Waals surface area contributed by atoms with Crippen molar-refractivity contribution >= 4 is 21.6 Å². The molecule has 0 spiro atoms. The van der Waals surface area contributed by atoms with E-state index in [0.717, 1.165) is 43.4 Å². The predicted molar refractivity (Wildman–Crippen MR) is 112 cm³/mol. The lowest BCUT2D eigenvalue weighted by molar-refractivity contribution is 0.102. The number of nitrogens with zero attached hydrogens (tertiary/aromatic N) is 1. The van der Waals surface area contributed by atoms with Crippen molar-refractivity contribution < 1.29 is 17.6 Å². The molecule has 156 valence electrons. The van der Waals surface area contributed by atoms with E-state index in [2.05, 4.69) is 5.32 Å². The first-order valence-electron chi connectivity index (χ1n) is 10.1. The van der Waals surface area contributed by atoms with E-state index in [9.17, 15) is 17.6 Å². The van der Waals surface area contributed by atoms with Crippen molar-refractivity contribution in [3.63, 3.8) is 0 Å². The number of benzene rings is 2. The molecule has 1 fully saturated rings. The molecule has 29 heavy (non-hydrogen) atoms. The van der Waals surface area contributed by atoms with Crippen molar-refractivity contribution in [1.29, 1.82) is 0 Å². The number of rotatable bonds is 6. The summed E-state index contributed by atoms with van der Waals surface area (Å²) in [6.07, 6.45) is 4.05. The standard InChI is InChI=1S/C22H27FN2O3S/c1-3-16-9-5-6-11-21(16)24-22(26)19-15-18(12-13-20(19)23)29(27,28)25-14-8-7-10-17(25)4-2/h5-6,9,11-13,15,17H,3-4,7-8,10,14H2,1-2H3,(H,24,26)/t17-/m1/s1. The lowest BCUT2D eigenvalue weighted by atomic mass is 10.0. The second kappa shape index (κ2) is 9.05. The molecule has 1 atom stereocenters. The lowest BCUT2D eigenvalue weighted by Gasteiger charge is -2.34. The summed E-state index contributed by atoms with van der Waals surface area (Å²) >= 11 is 0. The number of aryl methyl sites for hydroxylation is 1. The van der Waals surface area contributed by atoms with Gasteiger partial charge in [0, 0.05) is 18.3 Å². The Hall–Kier alpha value is -2.25. The zero-order chi connectivity index (χ0) is 21.0. The van der Waals surface area contributed by atoms with Crippen LogP contribution in [0.25, 0.3) is 0 Å². The Morgan fingerprint density at radius 3 is 2.66 bits per heavy atom. The highest BCUT2D eigenvalue weighted by atomic mass is 32.2. The van der Waals surface area contributed by atoms with Crippen LogP contribution in [0.1, 0.15) is 55.5 Å². The molecule has 0 aliphatic carbocycles. The number of sulfonamides is 1. The van der Waals surface area contributed by atoms with Gasteiger partial charge in [0.25, 0.3) is 5.91 Å². The van der Waals surface area contributed by atoms with Gasteiger partial charge in [-0.15, -0.1) is 0 Å². The minimum absolute atomic E-state index is 0.0480. The topological polar surface area (TPSA) is 66.5 Å². The average Bonchev–Trinajstić information content (AvgIpc) is 2.74. The highest BCUT2D eigenvalue weighted by Crippen LogP contribution is 2.28. The second-order valence-electron chi connectivity index (χ2n) is 7.28. The first-order chi connectivity index (χ1) is 13.9. The highest BCUT2D eigenvalue weighted by Gasteiger charge is 2.33. The summed E-state index contributed by atoms with van der Waals surface area (Å²) in [5.41, 5.74) is 1.24. The molecule has 2 aromatic rings. The van der Waals surface area contributed by atoms with E-state index in [1.54, 1.807) is 12.1 Å². The van der Waals surface area contributed by atoms with Crippen LogP contribution >= 0.6 is 0 Å². The van der Waals surface area contributed by atoms with E-state index in [1.165, 1.54) is 10.4 Å². The quantitative estimate of drug-likeness (QED) is 0.746. The highest BCUT2D eigenvalue weighted by molar-refractivity contribution is 7.89. The van der Waals surface area contributed by atoms with Gasteiger partial charge in [0.05, 0.1) is 10.5 Å². The first-order valence-corrected chi connectivity index (χ1v) is 11.5. The van der Waals surface area contributed by atoms with E-state index in [-0.39, 0.29) is 16.5 Å². The molecule has 0 saturated carbocycles. The summed E-state index contributed by atoms with van der Waals surface area (Å²) in [5.74, 6) is -1.41. The summed E-state index contributed by atoms with van der Waals surface area (Å²) in [7, 11) is -3.80. The largest absolute Gasteiger partial charge is 0.322 e. The van der Waals surface area contributed by atoms with Crippen LogP contribution < -0.4 is 5.32 Å². The van der Waals surface area contributed by atoms with Crippen molar-refractivity contribution in [2.45, 2.75) is 56.9 Å². The molecular weight excluding hydrogens is 391 g/mol. The smallest absolute Gasteiger partial charge is 0.258 e. The molecule has 1 heterocycles. The summed E-state index contributed by atoms with van der Waals surface area (Å²) in [6.45, 7) is 4.37. The third kappa shape index (κ3) is 4.51. The lowest BCUT2D eigenvalue weighted by Crippen LogP contribution is -2.43. The van der Waals surface area contributed by atoms with Crippen LogP contribution in [0.5, 0.6) is 0 Å². The Morgan fingerprint density at radius 1 is 1.17 bits per heavy atom. The molecule has 3 rings (SSSR count). The maximum atomic E-state index is 14.4. The zero-order valence-electron chi connectivity index (χ0n) is 16.8. The van der Waals surface area contributed by atoms with Gasteiger partial charge >= 0.3 is 0 Å². The van der Waals surface area contributed by atoms with Gasteiger partial charge in [-0.25, -0.2) is 12.8 Å². The fourth-order valence-electron chi connectivity index (χ4n) is 3.81. The minimum Gasteiger partial charge on any atom is -0.322 e. The number of carbonyl (C=O) groups is 1. The number of nitrogens with one attached hydrogen (secondary N) is 1. The van der Waals surface area contributed by atoms with Crippen molar-refractivity contribution in [3.8, 4) is 0 Å². The van der Waals surface area contributed by atoms with Crippen LogP contribution in [0.2, 0.25) is 0 Å². The average molecular weight is 419 g/mol. The van der Waals surface area contributed by atoms with Crippen molar-refractivity contribution in [3.05, 3.63) is 59.4 Å². The molecule has 1 saturated heterocycles. The summed E-state index contributed by atoms with van der Waals surface area (Å²) in [6, 6.07) is 10.7. The zero-order valence-corrected chi connectivity index (χ0v) is 17.6. The fourth-order valence-corrected chi connectivity index (χ4v) is 5.61. The van der Waals surface area contributed by atoms with E-state index in [0.29, 0.717) is 18.7 Å². The summed E-state index contributed by atoms with van der Waals surface area (Å²) in [4.78, 5) is 12.7. The van der Waals surface area contributed by atoms with Gasteiger partial charge in [-0.1, -0.05) is 38.5 Å². The van der Waals surface area contributed by atoms with Crippen LogP contribution in [0.4, 0.5) is 10.1 Å². The van der Waals surface area contributed by atoms with Crippen LogP contribution in [-0.2, 0) is 16.4 Å². The van der Waals surface area contributed by atoms with E-state index in [1.807, 2.05) is 26.0 Å². The summed E-state index contributed by atoms with van der Waals surface area (Å²) < 4.78 is 42.3. The number of carbonyl (C=O) groups excluding carboxylic acids is 1. The molecule has 0 unspecified atom stereocenters. The van der Waals surface area contributed by atoms with E-state index < -0.39 is 21.7 Å². The Kier molecular flexibility index (Phi) is 6.70. The van der Waals surface area contributed by atoms with Gasteiger partial charge in [0.2, 0.25) is 10.0 Å². The molecule has 1 aliphatic rings. The van der Waals surface area contributed by atoms with Crippen LogP contribution in [-0.4, -0.2) is 31.2 Å². The Balaban J connectivity index is 1.92. The molecule has 1 amide bonds. The molecular formula is C22H27FN2O3S. The van der Waals surface area contributed by atoms with Crippen LogP contribution in [0.15, 0.2) is 47.4 Å². The number of hydrogen-bond acceptors (Lipinski definition) is 3. The first kappa shape index (κ1) is 21.5. The molecule has 0 aromatic heterocycles. The second-order valence-corrected chi connectivity index (χ2v) is 9.17. The third-order valence-electron chi connectivity index (χ3n) is 5.48. The van der Waals surface area contributed by atoms with Gasteiger partial charge in [0.15, 0.2) is 0 Å². The molecule has 1 N–H and O–H groups in total. The minimum atomic E-state index is -3.80. The molecule has 5 nitrogen and oxygen atoms in total. The maximum Gasteiger partial charge on any atom is 0.258 e. The molecule has 0 bridgehead atoms. The maximum absolute atomic E-state index is 14.4. The normalized spacial score (nSPS) is 17.8. The van der Waals surface area contributed by atoms with Gasteiger partial charge in [-0.05, 0) is 55.5 Å². The number of para-hydroxylation sites is 1. The molecule has 7 heteroatoms. The number of halogens is 1. The van der Waals surface area contributed by atoms with Crippen molar-refractivity contribution in [2.75, 3.05) is 11.9 Å². The Bertz CT molecular complexity index is 991. The predicted octanol–water partition coefficient (Wildman–Crippen LogP) is 4.59. The molecule has 1 aliphatic heterocycles. The Labute approximate surface area is 172 Å². The van der Waals surface area contributed by atoms with Gasteiger partial charge < -0.3 is 5.32 Å². The van der Waals surface area contributed by atoms with Gasteiger partial charge in [-0.3, -0.25) is 4.79 Å². The number of hydrogen-bond donors (Lipinski definition) is 1. The van der Waals surface area contributed by atoms with E-state index >= 15 is 0 Å². The van der Waals surface area contributed by atoms with Crippen molar-refractivity contribution in [2.24, 2.45) is 0 Å². The fraction of sp³-hybridized carbons (Fsp3) is 0.409. The van der Waals surface area contributed by atoms with Crippen LogP contribution in [0, 0.1) is 5.82 Å². The summed E-state index contributed by atoms with van der Waals surface area (Å²) in [5, 5.41) is 2.71. The molecule has 0 radical (unpaired) electrons. The number of anilines is 1. The Morgan fingerprint density at radius 2 is 1.93 bits per heavy atom. The molecule has 2 aromatic carbocycles. The van der Waals surface area contributed by atoms with Gasteiger partial charge in [-0.2, -0.15) is 4.31 Å². The number of piperidine rings is 1.